The smallest absolute Gasteiger partial charge is 0.338 e. The molecule has 7 nitrogen and oxygen atoms in total. The number of methoxy groups -OCH3 is 1. The lowest BCUT2D eigenvalue weighted by molar-refractivity contribution is -0.384. The number of rotatable bonds is 5. The SMILES string of the molecule is CCCC=O.CNc1c(C)cc(C(=O)OC)cc1[N+](=O)[O-]. The van der Waals surface area contributed by atoms with Crippen LogP contribution in [0.5, 0.6) is 0 Å². The molecule has 0 aromatic heterocycles. The quantitative estimate of drug-likeness (QED) is 0.388. The van der Waals surface area contributed by atoms with Crippen LogP contribution in [0.3, 0.4) is 0 Å². The number of anilines is 1. The molecule has 1 rings (SSSR count). The highest BCUT2D eigenvalue weighted by Crippen LogP contribution is 2.29. The summed E-state index contributed by atoms with van der Waals surface area (Å²) in [5.74, 6) is -0.589. The molecular formula is C14H20N2O5. The van der Waals surface area contributed by atoms with E-state index in [0.717, 1.165) is 12.7 Å². The van der Waals surface area contributed by atoms with Gasteiger partial charge in [-0.2, -0.15) is 0 Å². The van der Waals surface area contributed by atoms with E-state index < -0.39 is 10.9 Å². The maximum absolute atomic E-state index is 11.3. The molecule has 0 bridgehead atoms. The predicted octanol–water partition coefficient (Wildman–Crippen LogP) is 2.72. The molecular weight excluding hydrogens is 276 g/mol. The Balaban J connectivity index is 0.000000690. The van der Waals surface area contributed by atoms with Gasteiger partial charge in [0.05, 0.1) is 17.6 Å². The number of carbonyl (C=O) groups is 2. The first-order valence-electron chi connectivity index (χ1n) is 6.41. The van der Waals surface area contributed by atoms with Gasteiger partial charge in [-0.3, -0.25) is 10.1 Å². The number of esters is 1. The lowest BCUT2D eigenvalue weighted by Gasteiger charge is -2.08. The van der Waals surface area contributed by atoms with Crippen LogP contribution in [0.4, 0.5) is 11.4 Å². The van der Waals surface area contributed by atoms with Crippen LogP contribution in [0.15, 0.2) is 12.1 Å². The van der Waals surface area contributed by atoms with Gasteiger partial charge in [-0.1, -0.05) is 6.92 Å². The Hall–Kier alpha value is -2.44. The number of carbonyl (C=O) groups excluding carboxylic acids is 2. The van der Waals surface area contributed by atoms with Gasteiger partial charge in [0.15, 0.2) is 0 Å². The number of nitro groups is 1. The molecule has 0 amide bonds. The van der Waals surface area contributed by atoms with Gasteiger partial charge >= 0.3 is 5.97 Å². The fraction of sp³-hybridized carbons (Fsp3) is 0.429. The minimum absolute atomic E-state index is 0.136. The molecule has 0 unspecified atom stereocenters. The molecule has 0 aliphatic heterocycles. The van der Waals surface area contributed by atoms with E-state index in [1.165, 1.54) is 13.2 Å². The molecule has 0 spiro atoms. The summed E-state index contributed by atoms with van der Waals surface area (Å²) in [5.41, 5.74) is 1.06. The first-order chi connectivity index (χ1) is 9.92. The third kappa shape index (κ3) is 5.60. The number of aryl methyl sites for hydroxylation is 1. The number of hydrogen-bond acceptors (Lipinski definition) is 6. The van der Waals surface area contributed by atoms with Gasteiger partial charge in [0.2, 0.25) is 0 Å². The van der Waals surface area contributed by atoms with Gasteiger partial charge in [0.25, 0.3) is 5.69 Å². The summed E-state index contributed by atoms with van der Waals surface area (Å²) in [7, 11) is 2.82. The van der Waals surface area contributed by atoms with Gasteiger partial charge in [0.1, 0.15) is 12.0 Å². The minimum Gasteiger partial charge on any atom is -0.465 e. The fourth-order valence-electron chi connectivity index (χ4n) is 1.59. The van der Waals surface area contributed by atoms with Crippen molar-refractivity contribution in [3.63, 3.8) is 0 Å². The molecule has 0 radical (unpaired) electrons. The Morgan fingerprint density at radius 3 is 2.43 bits per heavy atom. The second-order valence-corrected chi connectivity index (χ2v) is 4.14. The number of aldehydes is 1. The second-order valence-electron chi connectivity index (χ2n) is 4.14. The molecule has 0 aliphatic carbocycles. The molecule has 7 heteroatoms. The molecule has 21 heavy (non-hydrogen) atoms. The average molecular weight is 296 g/mol. The van der Waals surface area contributed by atoms with Crippen molar-refractivity contribution in [2.24, 2.45) is 0 Å². The molecule has 0 saturated heterocycles. The summed E-state index contributed by atoms with van der Waals surface area (Å²) in [4.78, 5) is 31.0. The lowest BCUT2D eigenvalue weighted by atomic mass is 10.1. The number of nitrogens with one attached hydrogen (secondary N) is 1. The third-order valence-corrected chi connectivity index (χ3v) is 2.59. The normalized spacial score (nSPS) is 9.14. The molecule has 0 aliphatic rings. The maximum atomic E-state index is 11.3. The van der Waals surface area contributed by atoms with Crippen LogP contribution in [0.1, 0.15) is 35.7 Å². The Kier molecular flexibility index (Phi) is 8.36. The van der Waals surface area contributed by atoms with E-state index in [9.17, 15) is 19.7 Å². The molecule has 116 valence electrons. The summed E-state index contributed by atoms with van der Waals surface area (Å²) < 4.78 is 4.52. The minimum atomic E-state index is -0.589. The molecule has 1 aromatic rings. The van der Waals surface area contributed by atoms with E-state index >= 15 is 0 Å². The number of ether oxygens (including phenoxy) is 1. The predicted molar refractivity (Wildman–Crippen MR) is 79.7 cm³/mol. The van der Waals surface area contributed by atoms with Crippen molar-refractivity contribution in [1.82, 2.24) is 0 Å². The number of unbranched alkanes of at least 4 members (excludes halogenated alkanes) is 1. The van der Waals surface area contributed by atoms with Gasteiger partial charge in [-0.15, -0.1) is 0 Å². The van der Waals surface area contributed by atoms with Crippen molar-refractivity contribution in [2.45, 2.75) is 26.7 Å². The Bertz CT molecular complexity index is 514. The van der Waals surface area contributed by atoms with Gasteiger partial charge in [0, 0.05) is 19.5 Å². The van der Waals surface area contributed by atoms with Crippen molar-refractivity contribution in [2.75, 3.05) is 19.5 Å². The van der Waals surface area contributed by atoms with Crippen LogP contribution in [0.25, 0.3) is 0 Å². The molecule has 0 fully saturated rings. The van der Waals surface area contributed by atoms with Crippen LogP contribution < -0.4 is 5.32 Å². The Morgan fingerprint density at radius 2 is 2.10 bits per heavy atom. The molecule has 0 heterocycles. The summed E-state index contributed by atoms with van der Waals surface area (Å²) in [5, 5.41) is 13.5. The highest BCUT2D eigenvalue weighted by atomic mass is 16.6. The van der Waals surface area contributed by atoms with Gasteiger partial charge < -0.3 is 14.8 Å². The van der Waals surface area contributed by atoms with Crippen LogP contribution in [-0.2, 0) is 9.53 Å². The average Bonchev–Trinajstić information content (AvgIpc) is 2.46. The van der Waals surface area contributed by atoms with Crippen molar-refractivity contribution < 1.29 is 19.2 Å². The zero-order chi connectivity index (χ0) is 16.4. The molecule has 1 N–H and O–H groups in total. The highest BCUT2D eigenvalue weighted by molar-refractivity contribution is 5.92. The van der Waals surface area contributed by atoms with E-state index in [0.29, 0.717) is 17.7 Å². The number of nitro benzene ring substituents is 1. The second kappa shape index (κ2) is 9.46. The van der Waals surface area contributed by atoms with E-state index in [2.05, 4.69) is 10.1 Å². The largest absolute Gasteiger partial charge is 0.465 e. The van der Waals surface area contributed by atoms with Crippen molar-refractivity contribution in [3.05, 3.63) is 33.4 Å². The van der Waals surface area contributed by atoms with E-state index in [1.807, 2.05) is 6.92 Å². The zero-order valence-electron chi connectivity index (χ0n) is 12.6. The first-order valence-corrected chi connectivity index (χ1v) is 6.41. The third-order valence-electron chi connectivity index (χ3n) is 2.59. The van der Waals surface area contributed by atoms with Crippen molar-refractivity contribution in [3.8, 4) is 0 Å². The van der Waals surface area contributed by atoms with E-state index in [-0.39, 0.29) is 11.3 Å². The standard InChI is InChI=1S/C10H12N2O4.C4H8O/c1-6-4-7(10(13)16-3)5-8(12(14)15)9(6)11-2;1-2-3-4-5/h4-5,11H,1-3H3;4H,2-3H2,1H3. The highest BCUT2D eigenvalue weighted by Gasteiger charge is 2.19. The van der Waals surface area contributed by atoms with Crippen molar-refractivity contribution in [1.29, 1.82) is 0 Å². The van der Waals surface area contributed by atoms with Gasteiger partial charge in [-0.25, -0.2) is 4.79 Å². The first kappa shape index (κ1) is 18.6. The zero-order valence-corrected chi connectivity index (χ0v) is 12.6. The van der Waals surface area contributed by atoms with Gasteiger partial charge in [-0.05, 0) is 25.0 Å². The number of benzene rings is 1. The van der Waals surface area contributed by atoms with Crippen molar-refractivity contribution >= 4 is 23.6 Å². The summed E-state index contributed by atoms with van der Waals surface area (Å²) >= 11 is 0. The van der Waals surface area contributed by atoms with Crippen LogP contribution in [-0.4, -0.2) is 31.3 Å². The molecule has 0 atom stereocenters. The fourth-order valence-corrected chi connectivity index (χ4v) is 1.59. The number of nitrogens with zero attached hydrogens (tertiary/aromatic N) is 1. The van der Waals surface area contributed by atoms with E-state index in [1.54, 1.807) is 20.0 Å². The number of hydrogen-bond donors (Lipinski definition) is 1. The molecule has 0 saturated carbocycles. The Labute approximate surface area is 123 Å². The summed E-state index contributed by atoms with van der Waals surface area (Å²) in [6, 6.07) is 2.75. The van der Waals surface area contributed by atoms with Crippen LogP contribution in [0, 0.1) is 17.0 Å². The topological polar surface area (TPSA) is 98.5 Å². The molecule has 1 aromatic carbocycles. The monoisotopic (exact) mass is 296 g/mol. The van der Waals surface area contributed by atoms with Crippen LogP contribution >= 0.6 is 0 Å². The summed E-state index contributed by atoms with van der Waals surface area (Å²) in [6.45, 7) is 3.67. The Morgan fingerprint density at radius 1 is 1.48 bits per heavy atom. The maximum Gasteiger partial charge on any atom is 0.338 e. The van der Waals surface area contributed by atoms with E-state index in [4.69, 9.17) is 0 Å². The van der Waals surface area contributed by atoms with Crippen LogP contribution in [0.2, 0.25) is 0 Å². The summed E-state index contributed by atoms with van der Waals surface area (Å²) in [6.07, 6.45) is 2.61. The lowest BCUT2D eigenvalue weighted by Crippen LogP contribution is -2.05.